The summed E-state index contributed by atoms with van der Waals surface area (Å²) in [6, 6.07) is 82.3. The Kier molecular flexibility index (Phi) is 8.46. The summed E-state index contributed by atoms with van der Waals surface area (Å²) in [7, 11) is 0. The van der Waals surface area contributed by atoms with Gasteiger partial charge in [0.2, 0.25) is 0 Å². The van der Waals surface area contributed by atoms with Crippen LogP contribution in [0.4, 0.5) is 0 Å². The van der Waals surface area contributed by atoms with Gasteiger partial charge in [-0.05, 0) is 65.7 Å². The summed E-state index contributed by atoms with van der Waals surface area (Å²) in [5, 5.41) is 4.83. The van der Waals surface area contributed by atoms with E-state index in [0.29, 0.717) is 5.82 Å². The van der Waals surface area contributed by atoms with Gasteiger partial charge in [0.25, 0.3) is 0 Å². The highest BCUT2D eigenvalue weighted by atomic mass is 15.0. The zero-order valence-corrected chi connectivity index (χ0v) is 33.7. The molecule has 0 amide bonds. The third-order valence-corrected chi connectivity index (χ3v) is 12.1. The molecular weight excluding hydrogens is 753 g/mol. The van der Waals surface area contributed by atoms with E-state index in [1.54, 1.807) is 0 Å². The van der Waals surface area contributed by atoms with E-state index in [4.69, 9.17) is 9.97 Å². The van der Waals surface area contributed by atoms with Crippen LogP contribution in [0.25, 0.3) is 111 Å². The molecular formula is C58H38N4. The summed E-state index contributed by atoms with van der Waals surface area (Å²) in [4.78, 5) is 10.5. The molecule has 290 valence electrons. The number of para-hydroxylation sites is 3. The first-order chi connectivity index (χ1) is 30.8. The molecule has 0 N–H and O–H groups in total. The number of hydrogen-bond acceptors (Lipinski definition) is 2. The Hall–Kier alpha value is -8.34. The maximum atomic E-state index is 5.33. The molecule has 12 rings (SSSR count). The van der Waals surface area contributed by atoms with Crippen LogP contribution in [0, 0.1) is 0 Å². The molecule has 0 aliphatic heterocycles. The molecule has 0 atom stereocenters. The molecule has 0 aliphatic rings. The van der Waals surface area contributed by atoms with Crippen molar-refractivity contribution in [3.05, 3.63) is 231 Å². The number of benzene rings is 9. The van der Waals surface area contributed by atoms with Gasteiger partial charge in [0, 0.05) is 55.0 Å². The van der Waals surface area contributed by atoms with Crippen LogP contribution in [0.3, 0.4) is 0 Å². The summed E-state index contributed by atoms with van der Waals surface area (Å²) in [5.41, 5.74) is 16.1. The first-order valence-electron chi connectivity index (χ1n) is 21.1. The highest BCUT2D eigenvalue weighted by Crippen LogP contribution is 2.46. The second-order valence-electron chi connectivity index (χ2n) is 15.8. The van der Waals surface area contributed by atoms with Gasteiger partial charge in [0.15, 0.2) is 5.82 Å². The van der Waals surface area contributed by atoms with Crippen LogP contribution in [0.1, 0.15) is 0 Å². The van der Waals surface area contributed by atoms with Gasteiger partial charge in [0.1, 0.15) is 0 Å². The molecule has 0 bridgehead atoms. The van der Waals surface area contributed by atoms with Gasteiger partial charge in [-0.15, -0.1) is 0 Å². The minimum Gasteiger partial charge on any atom is -0.309 e. The van der Waals surface area contributed by atoms with E-state index in [2.05, 4.69) is 215 Å². The van der Waals surface area contributed by atoms with Gasteiger partial charge in [-0.1, -0.05) is 176 Å². The summed E-state index contributed by atoms with van der Waals surface area (Å²) < 4.78 is 4.92. The fourth-order valence-corrected chi connectivity index (χ4v) is 9.29. The Morgan fingerprint density at radius 3 is 1.21 bits per heavy atom. The Labute approximate surface area is 359 Å². The molecule has 0 fully saturated rings. The average Bonchev–Trinajstić information content (AvgIpc) is 3.85. The van der Waals surface area contributed by atoms with Gasteiger partial charge in [-0.2, -0.15) is 0 Å². The van der Waals surface area contributed by atoms with E-state index in [9.17, 15) is 0 Å². The highest BCUT2D eigenvalue weighted by Gasteiger charge is 2.24. The predicted octanol–water partition coefficient (Wildman–Crippen LogP) is 15.0. The fraction of sp³-hybridized carbons (Fsp3) is 0. The first kappa shape index (κ1) is 35.6. The molecule has 3 heterocycles. The van der Waals surface area contributed by atoms with Gasteiger partial charge < -0.3 is 9.13 Å². The van der Waals surface area contributed by atoms with Crippen LogP contribution < -0.4 is 0 Å². The largest absolute Gasteiger partial charge is 0.309 e. The summed E-state index contributed by atoms with van der Waals surface area (Å²) in [6.45, 7) is 0. The third-order valence-electron chi connectivity index (χ3n) is 12.1. The maximum Gasteiger partial charge on any atom is 0.160 e. The minimum absolute atomic E-state index is 0.689. The number of fused-ring (bicyclic) bond motifs is 6. The van der Waals surface area contributed by atoms with E-state index in [1.807, 2.05) is 24.3 Å². The SMILES string of the molecule is c1ccc(-c2cc(-c3cc(-c4ccccc4)c(-n4c5ccccc5c5cc6c(cc54)c4ccccc4n6-c4ccccc4)c(-c4ccccc4)c3)nc(-c3ccccc3)n2)cc1. The van der Waals surface area contributed by atoms with Crippen LogP contribution in [-0.4, -0.2) is 19.1 Å². The standard InChI is InChI=1S/C58H38N4/c1-6-20-39(21-7-1)47-34-43(52-38-51(41-24-10-3-11-25-41)59-58(60-52)42-26-12-4-13-27-42)35-48(40-22-8-2-9-23-40)57(47)62-54-33-19-17-31-46(54)50-36-55-49(37-56(50)62)45-30-16-18-32-53(45)61(55)44-28-14-5-15-29-44/h1-38H. The van der Waals surface area contributed by atoms with Gasteiger partial charge in [-0.25, -0.2) is 9.97 Å². The summed E-state index contributed by atoms with van der Waals surface area (Å²) in [6.07, 6.45) is 0. The maximum absolute atomic E-state index is 5.33. The van der Waals surface area contributed by atoms with Crippen molar-refractivity contribution in [2.75, 3.05) is 0 Å². The molecule has 62 heavy (non-hydrogen) atoms. The van der Waals surface area contributed by atoms with E-state index < -0.39 is 0 Å². The summed E-state index contributed by atoms with van der Waals surface area (Å²) >= 11 is 0. The smallest absolute Gasteiger partial charge is 0.160 e. The molecule has 9 aromatic carbocycles. The quantitative estimate of drug-likeness (QED) is 0.161. The lowest BCUT2D eigenvalue weighted by Crippen LogP contribution is -2.03. The zero-order chi connectivity index (χ0) is 41.0. The number of hydrogen-bond donors (Lipinski definition) is 0. The lowest BCUT2D eigenvalue weighted by atomic mass is 9.91. The minimum atomic E-state index is 0.689. The molecule has 4 nitrogen and oxygen atoms in total. The number of rotatable bonds is 7. The Balaban J connectivity index is 1.20. The molecule has 4 heteroatoms. The Morgan fingerprint density at radius 2 is 0.677 bits per heavy atom. The molecule has 3 aromatic heterocycles. The van der Waals surface area contributed by atoms with Crippen LogP contribution >= 0.6 is 0 Å². The molecule has 0 aliphatic carbocycles. The van der Waals surface area contributed by atoms with E-state index >= 15 is 0 Å². The van der Waals surface area contributed by atoms with Gasteiger partial charge in [-0.3, -0.25) is 0 Å². The monoisotopic (exact) mass is 790 g/mol. The predicted molar refractivity (Wildman–Crippen MR) is 258 cm³/mol. The summed E-state index contributed by atoms with van der Waals surface area (Å²) in [5.74, 6) is 0.689. The second-order valence-corrected chi connectivity index (χ2v) is 15.8. The molecule has 0 saturated heterocycles. The van der Waals surface area contributed by atoms with Crippen molar-refractivity contribution in [3.63, 3.8) is 0 Å². The molecule has 0 radical (unpaired) electrons. The van der Waals surface area contributed by atoms with Crippen molar-refractivity contribution in [2.24, 2.45) is 0 Å². The van der Waals surface area contributed by atoms with Crippen LogP contribution in [-0.2, 0) is 0 Å². The van der Waals surface area contributed by atoms with Crippen LogP contribution in [0.15, 0.2) is 231 Å². The van der Waals surface area contributed by atoms with Crippen LogP contribution in [0.2, 0.25) is 0 Å². The molecule has 0 saturated carbocycles. The fourth-order valence-electron chi connectivity index (χ4n) is 9.29. The van der Waals surface area contributed by atoms with E-state index in [1.165, 1.54) is 32.6 Å². The lowest BCUT2D eigenvalue weighted by Gasteiger charge is -2.21. The topological polar surface area (TPSA) is 35.6 Å². The lowest BCUT2D eigenvalue weighted by molar-refractivity contribution is 1.17. The second kappa shape index (κ2) is 14.7. The Morgan fingerprint density at radius 1 is 0.274 bits per heavy atom. The number of aromatic nitrogens is 4. The van der Waals surface area contributed by atoms with Crippen molar-refractivity contribution < 1.29 is 0 Å². The zero-order valence-electron chi connectivity index (χ0n) is 33.7. The van der Waals surface area contributed by atoms with Crippen LogP contribution in [0.5, 0.6) is 0 Å². The van der Waals surface area contributed by atoms with Crippen molar-refractivity contribution >= 4 is 43.6 Å². The van der Waals surface area contributed by atoms with Crippen molar-refractivity contribution in [1.29, 1.82) is 0 Å². The van der Waals surface area contributed by atoms with Crippen molar-refractivity contribution in [1.82, 2.24) is 19.1 Å². The van der Waals surface area contributed by atoms with E-state index in [0.717, 1.165) is 72.7 Å². The number of nitrogens with zero attached hydrogens (tertiary/aromatic N) is 4. The van der Waals surface area contributed by atoms with E-state index in [-0.39, 0.29) is 0 Å². The normalized spacial score (nSPS) is 11.5. The van der Waals surface area contributed by atoms with Crippen molar-refractivity contribution in [2.45, 2.75) is 0 Å². The first-order valence-corrected chi connectivity index (χ1v) is 21.1. The molecule has 12 aromatic rings. The highest BCUT2D eigenvalue weighted by molar-refractivity contribution is 6.19. The van der Waals surface area contributed by atoms with Gasteiger partial charge >= 0.3 is 0 Å². The average molecular weight is 791 g/mol. The Bertz CT molecular complexity index is 3470. The van der Waals surface area contributed by atoms with Gasteiger partial charge in [0.05, 0.1) is 39.1 Å². The molecule has 0 unspecified atom stereocenters. The van der Waals surface area contributed by atoms with Crippen molar-refractivity contribution in [3.8, 4) is 67.5 Å². The molecule has 0 spiro atoms. The third kappa shape index (κ3) is 5.92.